The van der Waals surface area contributed by atoms with Crippen LogP contribution in [0.25, 0.3) is 11.1 Å². The van der Waals surface area contributed by atoms with Crippen LogP contribution >= 0.6 is 0 Å². The third-order valence-corrected chi connectivity index (χ3v) is 9.66. The van der Waals surface area contributed by atoms with Crippen molar-refractivity contribution >= 4 is 29.0 Å². The van der Waals surface area contributed by atoms with Crippen molar-refractivity contribution in [3.63, 3.8) is 0 Å². The molecule has 2 N–H and O–H groups in total. The van der Waals surface area contributed by atoms with Crippen molar-refractivity contribution in [2.75, 3.05) is 61.4 Å². The summed E-state index contributed by atoms with van der Waals surface area (Å²) in [5.74, 6) is 2.31. The molecule has 2 saturated heterocycles. The Hall–Kier alpha value is -4.22. The fourth-order valence-corrected chi connectivity index (χ4v) is 7.26. The van der Waals surface area contributed by atoms with Gasteiger partial charge in [0.25, 0.3) is 11.5 Å². The molecule has 0 radical (unpaired) electrons. The zero-order chi connectivity index (χ0) is 30.4. The number of hydrogen-bond donors (Lipinski definition) is 2. The van der Waals surface area contributed by atoms with E-state index in [0.717, 1.165) is 68.2 Å². The minimum Gasteiger partial charge on any atom is -0.392 e. The lowest BCUT2D eigenvalue weighted by Gasteiger charge is -2.40. The average molecular weight is 597 g/mol. The molecule has 6 heterocycles. The standard InChI is InChI=1S/C33H40N8O3/c1-37-12-14-39(15-13-37)30-9-5-8-29(36-30)35-26-18-23(20-38(2)32(26)43)24-10-11-34-31(25(24)21-42)41-17-16-40-27-7-4-3-6-22(27)19-28(40)33(41)44/h5,8-11,18-20,22,27,42H,3-4,6-7,12-17,21H2,1-2H3,(H,35,36). The van der Waals surface area contributed by atoms with E-state index in [0.29, 0.717) is 41.4 Å². The molecule has 11 nitrogen and oxygen atoms in total. The van der Waals surface area contributed by atoms with Gasteiger partial charge >= 0.3 is 0 Å². The molecule has 2 atom stereocenters. The predicted octanol–water partition coefficient (Wildman–Crippen LogP) is 2.93. The number of nitrogens with one attached hydrogen (secondary N) is 1. The Kier molecular flexibility index (Phi) is 7.59. The van der Waals surface area contributed by atoms with Crippen LogP contribution in [0.2, 0.25) is 0 Å². The Morgan fingerprint density at radius 1 is 1.00 bits per heavy atom. The van der Waals surface area contributed by atoms with Crippen molar-refractivity contribution < 1.29 is 9.90 Å². The number of aliphatic hydroxyl groups is 1. The number of aromatic nitrogens is 3. The molecule has 7 rings (SSSR count). The SMILES string of the molecule is CN1CCN(c2cccc(Nc3cc(-c4ccnc(N5CCN6C(=CC7CCCCC76)C5=O)c4CO)cn(C)c3=O)n2)CC1. The van der Waals surface area contributed by atoms with Crippen molar-refractivity contribution in [3.05, 3.63) is 70.4 Å². The lowest BCUT2D eigenvalue weighted by molar-refractivity contribution is -0.118. The Balaban J connectivity index is 1.18. The first-order valence-corrected chi connectivity index (χ1v) is 15.7. The van der Waals surface area contributed by atoms with Crippen molar-refractivity contribution in [1.82, 2.24) is 24.3 Å². The molecule has 3 fully saturated rings. The number of nitrogens with zero attached hydrogens (tertiary/aromatic N) is 7. The molecule has 44 heavy (non-hydrogen) atoms. The van der Waals surface area contributed by atoms with Crippen LogP contribution in [0, 0.1) is 5.92 Å². The van der Waals surface area contributed by atoms with E-state index in [1.165, 1.54) is 17.4 Å². The Morgan fingerprint density at radius 2 is 1.82 bits per heavy atom. The lowest BCUT2D eigenvalue weighted by Crippen LogP contribution is -2.51. The van der Waals surface area contributed by atoms with E-state index in [1.807, 2.05) is 24.3 Å². The molecule has 2 unspecified atom stereocenters. The molecule has 1 saturated carbocycles. The quantitative estimate of drug-likeness (QED) is 0.444. The molecule has 0 bridgehead atoms. The highest BCUT2D eigenvalue weighted by Crippen LogP contribution is 2.41. The summed E-state index contributed by atoms with van der Waals surface area (Å²) in [6.07, 6.45) is 10.3. The molecule has 1 aliphatic carbocycles. The highest BCUT2D eigenvalue weighted by Gasteiger charge is 2.43. The Bertz CT molecular complexity index is 1660. The minimum absolute atomic E-state index is 0.0564. The summed E-state index contributed by atoms with van der Waals surface area (Å²) in [6.45, 7) is 4.72. The number of aliphatic hydroxyl groups excluding tert-OH is 1. The number of carbonyl (C=O) groups excluding carboxylic acids is 1. The first-order chi connectivity index (χ1) is 21.4. The van der Waals surface area contributed by atoms with Gasteiger partial charge in [0, 0.05) is 75.9 Å². The molecule has 0 aromatic carbocycles. The van der Waals surface area contributed by atoms with Gasteiger partial charge in [0.15, 0.2) is 0 Å². The van der Waals surface area contributed by atoms with Gasteiger partial charge in [-0.3, -0.25) is 14.5 Å². The number of anilines is 4. The van der Waals surface area contributed by atoms with Crippen LogP contribution < -0.4 is 20.7 Å². The number of pyridine rings is 3. The fraction of sp³-hybridized carbons (Fsp3) is 0.455. The zero-order valence-electron chi connectivity index (χ0n) is 25.4. The van der Waals surface area contributed by atoms with Crippen molar-refractivity contribution in [2.45, 2.75) is 38.3 Å². The summed E-state index contributed by atoms with van der Waals surface area (Å²) < 4.78 is 1.53. The Labute approximate surface area is 257 Å². The molecule has 0 spiro atoms. The van der Waals surface area contributed by atoms with Crippen LogP contribution in [0.4, 0.5) is 23.1 Å². The lowest BCUT2D eigenvalue weighted by atomic mass is 9.86. The summed E-state index contributed by atoms with van der Waals surface area (Å²) in [5.41, 5.74) is 2.96. The highest BCUT2D eigenvalue weighted by molar-refractivity contribution is 6.06. The third-order valence-electron chi connectivity index (χ3n) is 9.66. The molecule has 11 heteroatoms. The fourth-order valence-electron chi connectivity index (χ4n) is 7.26. The summed E-state index contributed by atoms with van der Waals surface area (Å²) >= 11 is 0. The zero-order valence-corrected chi connectivity index (χ0v) is 25.4. The van der Waals surface area contributed by atoms with E-state index in [4.69, 9.17) is 4.98 Å². The van der Waals surface area contributed by atoms with Gasteiger partial charge in [-0.05, 0) is 55.6 Å². The van der Waals surface area contributed by atoms with E-state index in [1.54, 1.807) is 30.4 Å². The normalized spacial score (nSPS) is 22.1. The molecule has 3 aliphatic heterocycles. The minimum atomic E-state index is -0.295. The molecule has 3 aromatic rings. The van der Waals surface area contributed by atoms with E-state index in [9.17, 15) is 14.7 Å². The third kappa shape index (κ3) is 5.13. The summed E-state index contributed by atoms with van der Waals surface area (Å²) in [6, 6.07) is 9.84. The van der Waals surface area contributed by atoms with Crippen LogP contribution in [0.15, 0.2) is 59.3 Å². The first kappa shape index (κ1) is 28.5. The number of piperazine rings is 2. The van der Waals surface area contributed by atoms with Gasteiger partial charge in [-0.2, -0.15) is 0 Å². The molecular formula is C33H40N8O3. The number of aryl methyl sites for hydroxylation is 1. The van der Waals surface area contributed by atoms with E-state index < -0.39 is 0 Å². The second-order valence-electron chi connectivity index (χ2n) is 12.4. The first-order valence-electron chi connectivity index (χ1n) is 15.7. The smallest absolute Gasteiger partial charge is 0.275 e. The van der Waals surface area contributed by atoms with Crippen LogP contribution in [0.3, 0.4) is 0 Å². The number of carbonyl (C=O) groups is 1. The summed E-state index contributed by atoms with van der Waals surface area (Å²) in [4.78, 5) is 45.0. The summed E-state index contributed by atoms with van der Waals surface area (Å²) in [7, 11) is 3.83. The van der Waals surface area contributed by atoms with Gasteiger partial charge in [-0.25, -0.2) is 9.97 Å². The Morgan fingerprint density at radius 3 is 2.64 bits per heavy atom. The maximum atomic E-state index is 13.8. The maximum absolute atomic E-state index is 13.8. The average Bonchev–Trinajstić information content (AvgIpc) is 3.43. The molecule has 4 aliphatic rings. The van der Waals surface area contributed by atoms with Gasteiger partial charge in [-0.1, -0.05) is 25.0 Å². The monoisotopic (exact) mass is 596 g/mol. The van der Waals surface area contributed by atoms with Gasteiger partial charge < -0.3 is 29.7 Å². The van der Waals surface area contributed by atoms with E-state index in [-0.39, 0.29) is 18.1 Å². The van der Waals surface area contributed by atoms with Crippen LogP contribution in [-0.2, 0) is 18.4 Å². The van der Waals surface area contributed by atoms with E-state index in [2.05, 4.69) is 38.1 Å². The number of likely N-dealkylation sites (N-methyl/N-ethyl adjacent to an activating group) is 1. The van der Waals surface area contributed by atoms with Crippen molar-refractivity contribution in [3.8, 4) is 11.1 Å². The second-order valence-corrected chi connectivity index (χ2v) is 12.4. The molecule has 3 aromatic heterocycles. The number of amides is 1. The van der Waals surface area contributed by atoms with Gasteiger partial charge in [0.05, 0.1) is 12.3 Å². The molecular weight excluding hydrogens is 556 g/mol. The maximum Gasteiger partial charge on any atom is 0.275 e. The van der Waals surface area contributed by atoms with Crippen molar-refractivity contribution in [1.29, 1.82) is 0 Å². The number of rotatable bonds is 6. The summed E-state index contributed by atoms with van der Waals surface area (Å²) in [5, 5.41) is 13.9. The molecule has 1 amide bonds. The van der Waals surface area contributed by atoms with Gasteiger partial charge in [-0.15, -0.1) is 0 Å². The number of fused-ring (bicyclic) bond motifs is 3. The highest BCUT2D eigenvalue weighted by atomic mass is 16.3. The van der Waals surface area contributed by atoms with Crippen LogP contribution in [0.5, 0.6) is 0 Å². The van der Waals surface area contributed by atoms with Gasteiger partial charge in [0.1, 0.15) is 23.1 Å². The predicted molar refractivity (Wildman–Crippen MR) is 171 cm³/mol. The van der Waals surface area contributed by atoms with Crippen LogP contribution in [-0.4, -0.2) is 87.7 Å². The second kappa shape index (κ2) is 11.7. The van der Waals surface area contributed by atoms with Crippen LogP contribution in [0.1, 0.15) is 31.2 Å². The largest absolute Gasteiger partial charge is 0.392 e. The van der Waals surface area contributed by atoms with Crippen molar-refractivity contribution in [2.24, 2.45) is 13.0 Å². The number of hydrogen-bond acceptors (Lipinski definition) is 9. The topological polar surface area (TPSA) is 110 Å². The van der Waals surface area contributed by atoms with Gasteiger partial charge in [0.2, 0.25) is 0 Å². The molecule has 230 valence electrons. The van der Waals surface area contributed by atoms with E-state index >= 15 is 0 Å².